The molecule has 1 amide bonds. The minimum absolute atomic E-state index is 0. The van der Waals surface area contributed by atoms with Gasteiger partial charge in [-0.3, -0.25) is 4.79 Å². The summed E-state index contributed by atoms with van der Waals surface area (Å²) in [6, 6.07) is 6.66. The molecule has 0 bridgehead atoms. The summed E-state index contributed by atoms with van der Waals surface area (Å²) in [5.74, 6) is -0.0171. The normalized spacial score (nSPS) is 14.0. The molecule has 24 heavy (non-hydrogen) atoms. The maximum atomic E-state index is 11.9. The number of carbonyl (C=O) groups is 1. The number of carbonyl (C=O) groups excluding carboxylic acids is 1. The van der Waals surface area contributed by atoms with Gasteiger partial charge in [0, 0.05) is 22.9 Å². The second-order valence-electron chi connectivity index (χ2n) is 6.32. The number of hydrogen-bond acceptors (Lipinski definition) is 4. The lowest BCUT2D eigenvalue weighted by Crippen LogP contribution is -2.19. The number of benzene rings is 1. The van der Waals surface area contributed by atoms with E-state index in [1.165, 1.54) is 35.3 Å². The van der Waals surface area contributed by atoms with Crippen LogP contribution in [0.5, 0.6) is 0 Å². The van der Waals surface area contributed by atoms with Crippen molar-refractivity contribution in [2.24, 2.45) is 5.73 Å². The Kier molecular flexibility index (Phi) is 6.38. The molecule has 0 aliphatic heterocycles. The molecule has 0 fully saturated rings. The molecule has 4 nitrogen and oxygen atoms in total. The molecular weight excluding hydrogens is 342 g/mol. The number of nitrogens with zero attached hydrogens (tertiary/aromatic N) is 1. The van der Waals surface area contributed by atoms with E-state index in [0.717, 1.165) is 22.6 Å². The van der Waals surface area contributed by atoms with E-state index in [4.69, 9.17) is 5.73 Å². The zero-order chi connectivity index (χ0) is 16.4. The number of aromatic nitrogens is 1. The van der Waals surface area contributed by atoms with Crippen molar-refractivity contribution in [2.45, 2.75) is 52.0 Å². The summed E-state index contributed by atoms with van der Waals surface area (Å²) < 4.78 is 0. The van der Waals surface area contributed by atoms with Crippen LogP contribution in [0.1, 0.15) is 42.2 Å². The Morgan fingerprint density at radius 2 is 2.12 bits per heavy atom. The molecule has 1 unspecified atom stereocenters. The summed E-state index contributed by atoms with van der Waals surface area (Å²) >= 11 is 1.53. The molecule has 1 heterocycles. The zero-order valence-corrected chi connectivity index (χ0v) is 15.7. The van der Waals surface area contributed by atoms with Gasteiger partial charge in [-0.1, -0.05) is 12.1 Å². The van der Waals surface area contributed by atoms with Crippen molar-refractivity contribution in [1.29, 1.82) is 0 Å². The summed E-state index contributed by atoms with van der Waals surface area (Å²) in [5, 5.41) is 3.57. The van der Waals surface area contributed by atoms with Crippen molar-refractivity contribution in [3.8, 4) is 11.3 Å². The van der Waals surface area contributed by atoms with Gasteiger partial charge in [0.05, 0.1) is 5.69 Å². The lowest BCUT2D eigenvalue weighted by Gasteiger charge is -2.04. The van der Waals surface area contributed by atoms with Crippen molar-refractivity contribution < 1.29 is 4.79 Å². The van der Waals surface area contributed by atoms with Crippen LogP contribution < -0.4 is 11.1 Å². The number of amides is 1. The second kappa shape index (κ2) is 8.10. The van der Waals surface area contributed by atoms with E-state index in [-0.39, 0.29) is 24.4 Å². The van der Waals surface area contributed by atoms with Crippen LogP contribution in [0.15, 0.2) is 18.2 Å². The van der Waals surface area contributed by atoms with Gasteiger partial charge in [0.25, 0.3) is 0 Å². The fourth-order valence-electron chi connectivity index (χ4n) is 2.98. The minimum Gasteiger partial charge on any atom is -0.328 e. The van der Waals surface area contributed by atoms with Gasteiger partial charge in [-0.05, 0) is 56.7 Å². The molecule has 6 heteroatoms. The summed E-state index contributed by atoms with van der Waals surface area (Å²) in [6.45, 7) is 3.96. The van der Waals surface area contributed by atoms with Crippen LogP contribution in [0, 0.1) is 6.92 Å². The summed E-state index contributed by atoms with van der Waals surface area (Å²) in [4.78, 5) is 17.7. The topological polar surface area (TPSA) is 68.0 Å². The van der Waals surface area contributed by atoms with Crippen LogP contribution in [-0.2, 0) is 17.6 Å². The summed E-state index contributed by atoms with van der Waals surface area (Å²) in [5.41, 5.74) is 10.7. The molecule has 1 aliphatic rings. The van der Waals surface area contributed by atoms with Crippen LogP contribution in [0.2, 0.25) is 0 Å². The average Bonchev–Trinajstić information content (AvgIpc) is 3.10. The molecule has 1 aliphatic carbocycles. The van der Waals surface area contributed by atoms with Crippen LogP contribution >= 0.6 is 23.7 Å². The highest BCUT2D eigenvalue weighted by atomic mass is 35.5. The largest absolute Gasteiger partial charge is 0.328 e. The molecule has 2 aromatic rings. The van der Waals surface area contributed by atoms with E-state index in [1.54, 1.807) is 0 Å². The molecule has 3 rings (SSSR count). The SMILES string of the molecule is Cc1sc(NC(=O)CCC(C)N)nc1-c1ccc2c(c1)CCC2.Cl. The molecule has 130 valence electrons. The zero-order valence-electron chi connectivity index (χ0n) is 14.1. The Hall–Kier alpha value is -1.43. The predicted octanol–water partition coefficient (Wildman–Crippen LogP) is 4.09. The molecule has 1 aromatic heterocycles. The molecule has 0 saturated heterocycles. The number of nitrogens with two attached hydrogens (primary N) is 1. The fourth-order valence-corrected chi connectivity index (χ4v) is 3.83. The van der Waals surface area contributed by atoms with Gasteiger partial charge in [-0.15, -0.1) is 23.7 Å². The van der Waals surface area contributed by atoms with Crippen LogP contribution in [0.25, 0.3) is 11.3 Å². The van der Waals surface area contributed by atoms with E-state index in [9.17, 15) is 4.79 Å². The quantitative estimate of drug-likeness (QED) is 0.838. The van der Waals surface area contributed by atoms with Gasteiger partial charge >= 0.3 is 0 Å². The van der Waals surface area contributed by atoms with E-state index < -0.39 is 0 Å². The first-order chi connectivity index (χ1) is 11.0. The third-order valence-electron chi connectivity index (χ3n) is 4.24. The van der Waals surface area contributed by atoms with Crippen molar-refractivity contribution >= 4 is 34.8 Å². The third kappa shape index (κ3) is 4.35. The van der Waals surface area contributed by atoms with Gasteiger partial charge in [-0.2, -0.15) is 0 Å². The molecular formula is C18H24ClN3OS. The fraction of sp³-hybridized carbons (Fsp3) is 0.444. The molecule has 0 radical (unpaired) electrons. The maximum Gasteiger partial charge on any atom is 0.226 e. The van der Waals surface area contributed by atoms with Crippen molar-refractivity contribution in [2.75, 3.05) is 5.32 Å². The monoisotopic (exact) mass is 365 g/mol. The number of aryl methyl sites for hydroxylation is 3. The van der Waals surface area contributed by atoms with Gasteiger partial charge in [-0.25, -0.2) is 4.98 Å². The van der Waals surface area contributed by atoms with E-state index in [0.29, 0.717) is 18.0 Å². The number of halogens is 1. The summed E-state index contributed by atoms with van der Waals surface area (Å²) in [7, 11) is 0. The maximum absolute atomic E-state index is 11.9. The van der Waals surface area contributed by atoms with Gasteiger partial charge < -0.3 is 11.1 Å². The minimum atomic E-state index is -0.0171. The Balaban J connectivity index is 0.00000208. The lowest BCUT2D eigenvalue weighted by atomic mass is 10.0. The highest BCUT2D eigenvalue weighted by Gasteiger charge is 2.16. The number of anilines is 1. The molecule has 0 spiro atoms. The summed E-state index contributed by atoms with van der Waals surface area (Å²) in [6.07, 6.45) is 4.72. The Labute approximate surface area is 153 Å². The number of hydrogen-bond donors (Lipinski definition) is 2. The molecule has 1 atom stereocenters. The Bertz CT molecular complexity index is 727. The van der Waals surface area contributed by atoms with E-state index in [2.05, 4.69) is 35.4 Å². The van der Waals surface area contributed by atoms with Crippen molar-refractivity contribution in [1.82, 2.24) is 4.98 Å². The van der Waals surface area contributed by atoms with E-state index in [1.807, 2.05) is 6.92 Å². The molecule has 1 aromatic carbocycles. The Morgan fingerprint density at radius 3 is 2.88 bits per heavy atom. The first-order valence-corrected chi connectivity index (χ1v) is 8.99. The van der Waals surface area contributed by atoms with Crippen LogP contribution in [0.4, 0.5) is 5.13 Å². The highest BCUT2D eigenvalue weighted by molar-refractivity contribution is 7.16. The highest BCUT2D eigenvalue weighted by Crippen LogP contribution is 2.33. The molecule has 0 saturated carbocycles. The number of thiazole rings is 1. The number of fused-ring (bicyclic) bond motifs is 1. The third-order valence-corrected chi connectivity index (χ3v) is 5.13. The van der Waals surface area contributed by atoms with Gasteiger partial charge in [0.1, 0.15) is 0 Å². The second-order valence-corrected chi connectivity index (χ2v) is 7.53. The van der Waals surface area contributed by atoms with Gasteiger partial charge in [0.15, 0.2) is 5.13 Å². The smallest absolute Gasteiger partial charge is 0.226 e. The van der Waals surface area contributed by atoms with Crippen molar-refractivity contribution in [3.63, 3.8) is 0 Å². The first-order valence-electron chi connectivity index (χ1n) is 8.18. The molecule has 3 N–H and O–H groups in total. The van der Waals surface area contributed by atoms with Gasteiger partial charge in [0.2, 0.25) is 5.91 Å². The van der Waals surface area contributed by atoms with E-state index >= 15 is 0 Å². The number of nitrogens with one attached hydrogen (secondary N) is 1. The average molecular weight is 366 g/mol. The Morgan fingerprint density at radius 1 is 1.38 bits per heavy atom. The van der Waals surface area contributed by atoms with Crippen LogP contribution in [-0.4, -0.2) is 16.9 Å². The number of rotatable bonds is 5. The lowest BCUT2D eigenvalue weighted by molar-refractivity contribution is -0.116. The van der Waals surface area contributed by atoms with Crippen LogP contribution in [0.3, 0.4) is 0 Å². The first kappa shape index (κ1) is 18.9. The van der Waals surface area contributed by atoms with Crippen molar-refractivity contribution in [3.05, 3.63) is 34.2 Å². The predicted molar refractivity (Wildman–Crippen MR) is 103 cm³/mol. The standard InChI is InChI=1S/C18H23N3OS.ClH/c1-11(19)6-9-16(22)20-18-21-17(12(2)23-18)15-8-7-13-4-3-5-14(13)10-15;/h7-8,10-11H,3-6,9,19H2,1-2H3,(H,20,21,22);1H.